The molecule has 0 unspecified atom stereocenters. The molecule has 1 saturated carbocycles. The molecule has 0 aliphatic heterocycles. The quantitative estimate of drug-likeness (QED) is 0.690. The van der Waals surface area contributed by atoms with Crippen molar-refractivity contribution in [2.24, 2.45) is 0 Å². The van der Waals surface area contributed by atoms with Crippen LogP contribution in [-0.4, -0.2) is 23.1 Å². The molecule has 1 aliphatic carbocycles. The lowest BCUT2D eigenvalue weighted by Crippen LogP contribution is -2.21. The Morgan fingerprint density at radius 3 is 2.50 bits per heavy atom. The number of hydrogen-bond acceptors (Lipinski definition) is 2. The first-order chi connectivity index (χ1) is 11.6. The van der Waals surface area contributed by atoms with Crippen molar-refractivity contribution >= 4 is 17.4 Å². The molecule has 1 heterocycles. The maximum absolute atomic E-state index is 12.6. The van der Waals surface area contributed by atoms with Crippen LogP contribution in [0, 0.1) is 13.8 Å². The van der Waals surface area contributed by atoms with Crippen LogP contribution < -0.4 is 0 Å². The Labute approximate surface area is 148 Å². The van der Waals surface area contributed by atoms with E-state index in [9.17, 15) is 4.79 Å². The third-order valence-corrected chi connectivity index (χ3v) is 5.07. The zero-order valence-corrected chi connectivity index (χ0v) is 15.1. The van der Waals surface area contributed by atoms with Crippen molar-refractivity contribution in [3.05, 3.63) is 52.3 Å². The summed E-state index contributed by atoms with van der Waals surface area (Å²) in [7, 11) is 0. The lowest BCUT2D eigenvalue weighted by molar-refractivity contribution is 0.0284. The lowest BCUT2D eigenvalue weighted by Gasteiger charge is -2.21. The first kappa shape index (κ1) is 17.2. The topological polar surface area (TPSA) is 31.2 Å². The van der Waals surface area contributed by atoms with Crippen LogP contribution in [0.2, 0.25) is 5.02 Å². The number of benzene rings is 1. The molecule has 0 bridgehead atoms. The van der Waals surface area contributed by atoms with E-state index in [2.05, 4.69) is 4.57 Å². The molecule has 0 saturated heterocycles. The van der Waals surface area contributed by atoms with E-state index in [0.29, 0.717) is 5.02 Å². The molecule has 24 heavy (non-hydrogen) atoms. The fraction of sp³-hybridized carbons (Fsp3) is 0.450. The molecule has 1 aliphatic rings. The zero-order chi connectivity index (χ0) is 17.1. The third kappa shape index (κ3) is 3.73. The first-order valence-corrected chi connectivity index (χ1v) is 9.04. The molecule has 0 atom stereocenters. The Bertz CT molecular complexity index is 712. The van der Waals surface area contributed by atoms with E-state index in [1.54, 1.807) is 0 Å². The molecule has 2 aromatic rings. The number of nitrogens with zero attached hydrogens (tertiary/aromatic N) is 1. The van der Waals surface area contributed by atoms with Gasteiger partial charge in [0, 0.05) is 27.7 Å². The van der Waals surface area contributed by atoms with E-state index in [1.807, 2.05) is 44.2 Å². The highest BCUT2D eigenvalue weighted by Gasteiger charge is 2.19. The van der Waals surface area contributed by atoms with Gasteiger partial charge in [-0.15, -0.1) is 0 Å². The van der Waals surface area contributed by atoms with Gasteiger partial charge in [-0.1, -0.05) is 30.9 Å². The summed E-state index contributed by atoms with van der Waals surface area (Å²) in [4.78, 5) is 12.6. The number of halogens is 1. The van der Waals surface area contributed by atoms with Gasteiger partial charge in [-0.2, -0.15) is 0 Å². The monoisotopic (exact) mass is 345 g/mol. The van der Waals surface area contributed by atoms with Crippen LogP contribution in [0.4, 0.5) is 0 Å². The normalized spacial score (nSPS) is 15.6. The number of carbonyl (C=O) groups excluding carboxylic acids is 1. The second-order valence-electron chi connectivity index (χ2n) is 6.59. The van der Waals surface area contributed by atoms with E-state index in [4.69, 9.17) is 16.3 Å². The second kappa shape index (κ2) is 7.54. The summed E-state index contributed by atoms with van der Waals surface area (Å²) in [5, 5.41) is 0.707. The van der Waals surface area contributed by atoms with Crippen LogP contribution in [0.15, 0.2) is 30.3 Å². The number of aryl methyl sites for hydroxylation is 1. The molecule has 0 spiro atoms. The number of carbonyl (C=O) groups is 1. The summed E-state index contributed by atoms with van der Waals surface area (Å²) in [5.74, 6) is 0.0638. The highest BCUT2D eigenvalue weighted by molar-refractivity contribution is 6.30. The van der Waals surface area contributed by atoms with Crippen LogP contribution in [-0.2, 0) is 4.74 Å². The fourth-order valence-electron chi connectivity index (χ4n) is 3.54. The summed E-state index contributed by atoms with van der Waals surface area (Å²) in [6.07, 6.45) is 6.13. The highest BCUT2D eigenvalue weighted by atomic mass is 35.5. The van der Waals surface area contributed by atoms with Crippen molar-refractivity contribution in [3.8, 4) is 5.69 Å². The molecule has 1 aromatic heterocycles. The van der Waals surface area contributed by atoms with Crippen LogP contribution in [0.25, 0.3) is 5.69 Å². The molecule has 0 amide bonds. The maximum Gasteiger partial charge on any atom is 0.190 e. The molecule has 1 aromatic carbocycles. The van der Waals surface area contributed by atoms with Gasteiger partial charge in [0.2, 0.25) is 0 Å². The maximum atomic E-state index is 12.6. The Morgan fingerprint density at radius 1 is 1.17 bits per heavy atom. The number of ether oxygens (including phenoxy) is 1. The number of hydrogen-bond donors (Lipinski definition) is 0. The SMILES string of the molecule is Cc1cc(C(=O)COC2CCCCC2)c(C)n1-c1ccc(Cl)cc1. The van der Waals surface area contributed by atoms with Crippen LogP contribution in [0.3, 0.4) is 0 Å². The summed E-state index contributed by atoms with van der Waals surface area (Å²) in [6.45, 7) is 4.17. The predicted octanol–water partition coefficient (Wildman–Crippen LogP) is 5.28. The zero-order valence-electron chi connectivity index (χ0n) is 14.3. The average molecular weight is 346 g/mol. The second-order valence-corrected chi connectivity index (χ2v) is 7.03. The van der Waals surface area contributed by atoms with Gasteiger partial charge in [-0.3, -0.25) is 4.79 Å². The summed E-state index contributed by atoms with van der Waals surface area (Å²) >= 11 is 5.97. The molecule has 128 valence electrons. The van der Waals surface area contributed by atoms with Crippen molar-refractivity contribution in [2.45, 2.75) is 52.1 Å². The minimum atomic E-state index is 0.0638. The predicted molar refractivity (Wildman–Crippen MR) is 97.4 cm³/mol. The van der Waals surface area contributed by atoms with Gasteiger partial charge in [0.1, 0.15) is 6.61 Å². The Kier molecular flexibility index (Phi) is 5.42. The van der Waals surface area contributed by atoms with Gasteiger partial charge in [-0.25, -0.2) is 0 Å². The molecular weight excluding hydrogens is 322 g/mol. The number of rotatable bonds is 5. The van der Waals surface area contributed by atoms with Crippen molar-refractivity contribution in [1.29, 1.82) is 0 Å². The molecule has 3 rings (SSSR count). The summed E-state index contributed by atoms with van der Waals surface area (Å²) < 4.78 is 7.94. The highest BCUT2D eigenvalue weighted by Crippen LogP contribution is 2.24. The smallest absolute Gasteiger partial charge is 0.190 e. The number of Topliss-reactive ketones (excluding diaryl/α,β-unsaturated/α-hetero) is 1. The van der Waals surface area contributed by atoms with Crippen LogP contribution >= 0.6 is 11.6 Å². The van der Waals surface area contributed by atoms with E-state index >= 15 is 0 Å². The van der Waals surface area contributed by atoms with Gasteiger partial charge in [0.15, 0.2) is 5.78 Å². The van der Waals surface area contributed by atoms with Gasteiger partial charge >= 0.3 is 0 Å². The van der Waals surface area contributed by atoms with Crippen molar-refractivity contribution in [1.82, 2.24) is 4.57 Å². The minimum Gasteiger partial charge on any atom is -0.370 e. The summed E-state index contributed by atoms with van der Waals surface area (Å²) in [5.41, 5.74) is 3.75. The van der Waals surface area contributed by atoms with E-state index in [-0.39, 0.29) is 18.5 Å². The van der Waals surface area contributed by atoms with E-state index in [1.165, 1.54) is 19.3 Å². The first-order valence-electron chi connectivity index (χ1n) is 8.66. The molecule has 0 radical (unpaired) electrons. The van der Waals surface area contributed by atoms with Crippen molar-refractivity contribution in [3.63, 3.8) is 0 Å². The largest absolute Gasteiger partial charge is 0.370 e. The van der Waals surface area contributed by atoms with Crippen LogP contribution in [0.5, 0.6) is 0 Å². The standard InChI is InChI=1S/C20H24ClNO2/c1-14-12-19(20(23)13-24-18-6-4-3-5-7-18)15(2)22(14)17-10-8-16(21)9-11-17/h8-12,18H,3-7,13H2,1-2H3. The molecule has 3 nitrogen and oxygen atoms in total. The molecule has 4 heteroatoms. The van der Waals surface area contributed by atoms with Gasteiger partial charge in [-0.05, 0) is 57.0 Å². The molecule has 1 fully saturated rings. The molecular formula is C20H24ClNO2. The van der Waals surface area contributed by atoms with Gasteiger partial charge < -0.3 is 9.30 Å². The van der Waals surface area contributed by atoms with Crippen LogP contribution in [0.1, 0.15) is 53.8 Å². The molecule has 0 N–H and O–H groups in total. The fourth-order valence-corrected chi connectivity index (χ4v) is 3.66. The summed E-state index contributed by atoms with van der Waals surface area (Å²) in [6, 6.07) is 9.62. The number of ketones is 1. The van der Waals surface area contributed by atoms with Gasteiger partial charge in [0.25, 0.3) is 0 Å². The Balaban J connectivity index is 1.75. The minimum absolute atomic E-state index is 0.0638. The van der Waals surface area contributed by atoms with Gasteiger partial charge in [0.05, 0.1) is 6.10 Å². The Hall–Kier alpha value is -1.58. The van der Waals surface area contributed by atoms with E-state index < -0.39 is 0 Å². The lowest BCUT2D eigenvalue weighted by atomic mass is 9.98. The van der Waals surface area contributed by atoms with E-state index in [0.717, 1.165) is 35.5 Å². The third-order valence-electron chi connectivity index (χ3n) is 4.82. The number of aromatic nitrogens is 1. The van der Waals surface area contributed by atoms with Crippen molar-refractivity contribution < 1.29 is 9.53 Å². The van der Waals surface area contributed by atoms with Crippen molar-refractivity contribution in [2.75, 3.05) is 6.61 Å². The Morgan fingerprint density at radius 2 is 1.83 bits per heavy atom. The average Bonchev–Trinajstić information content (AvgIpc) is 2.89.